The molecule has 2 aliphatic rings. The second kappa shape index (κ2) is 8.11. The first-order valence-corrected chi connectivity index (χ1v) is 9.55. The molecule has 5 nitrogen and oxygen atoms in total. The van der Waals surface area contributed by atoms with Crippen molar-refractivity contribution in [2.24, 2.45) is 5.92 Å². The van der Waals surface area contributed by atoms with Crippen molar-refractivity contribution < 1.29 is 19.4 Å². The average Bonchev–Trinajstić information content (AvgIpc) is 3.16. The largest absolute Gasteiger partial charge is 0.488 e. The minimum atomic E-state index is -0.0180. The lowest BCUT2D eigenvalue weighted by molar-refractivity contribution is -0.0449. The SMILES string of the molecule is O=C(c1ccccc1OCc1ccccc1)N1CCO[C@H]2C[C@H](CO)C[C@@H]21. The van der Waals surface area contributed by atoms with Gasteiger partial charge in [-0.25, -0.2) is 0 Å². The minimum absolute atomic E-state index is 0.0180. The maximum atomic E-state index is 13.3. The fourth-order valence-electron chi connectivity index (χ4n) is 4.11. The normalized spacial score (nSPS) is 24.5. The highest BCUT2D eigenvalue weighted by Gasteiger charge is 2.43. The van der Waals surface area contributed by atoms with Gasteiger partial charge in [0, 0.05) is 13.2 Å². The van der Waals surface area contributed by atoms with Crippen molar-refractivity contribution in [3.8, 4) is 5.75 Å². The number of rotatable bonds is 5. The predicted octanol–water partition coefficient (Wildman–Crippen LogP) is 2.88. The molecule has 142 valence electrons. The second-order valence-electron chi connectivity index (χ2n) is 7.27. The smallest absolute Gasteiger partial charge is 0.258 e. The van der Waals surface area contributed by atoms with Gasteiger partial charge in [0.05, 0.1) is 24.3 Å². The predicted molar refractivity (Wildman–Crippen MR) is 102 cm³/mol. The van der Waals surface area contributed by atoms with Crippen LogP contribution in [0.5, 0.6) is 5.75 Å². The lowest BCUT2D eigenvalue weighted by Crippen LogP contribution is -2.51. The lowest BCUT2D eigenvalue weighted by Gasteiger charge is -2.37. The Labute approximate surface area is 159 Å². The highest BCUT2D eigenvalue weighted by atomic mass is 16.5. The number of amides is 1. The van der Waals surface area contributed by atoms with E-state index in [0.29, 0.717) is 31.1 Å². The molecular weight excluding hydrogens is 342 g/mol. The summed E-state index contributed by atoms with van der Waals surface area (Å²) in [7, 11) is 0. The van der Waals surface area contributed by atoms with Gasteiger partial charge in [0.25, 0.3) is 5.91 Å². The Kier molecular flexibility index (Phi) is 5.41. The zero-order valence-electron chi connectivity index (χ0n) is 15.3. The summed E-state index contributed by atoms with van der Waals surface area (Å²) in [6, 6.07) is 17.4. The molecule has 0 spiro atoms. The van der Waals surface area contributed by atoms with Gasteiger partial charge in [-0.15, -0.1) is 0 Å². The van der Waals surface area contributed by atoms with Gasteiger partial charge in [0.1, 0.15) is 12.4 Å². The summed E-state index contributed by atoms with van der Waals surface area (Å²) in [6.07, 6.45) is 1.63. The average molecular weight is 367 g/mol. The molecule has 1 aliphatic carbocycles. The quantitative estimate of drug-likeness (QED) is 0.883. The van der Waals surface area contributed by atoms with Gasteiger partial charge in [0.15, 0.2) is 0 Å². The molecule has 2 aromatic rings. The maximum Gasteiger partial charge on any atom is 0.258 e. The van der Waals surface area contributed by atoms with Crippen molar-refractivity contribution in [3.05, 3.63) is 65.7 Å². The molecule has 0 radical (unpaired) electrons. The third kappa shape index (κ3) is 3.84. The van der Waals surface area contributed by atoms with Gasteiger partial charge >= 0.3 is 0 Å². The van der Waals surface area contributed by atoms with E-state index >= 15 is 0 Å². The van der Waals surface area contributed by atoms with E-state index in [2.05, 4.69) is 0 Å². The van der Waals surface area contributed by atoms with Crippen LogP contribution in [0.3, 0.4) is 0 Å². The molecule has 0 unspecified atom stereocenters. The van der Waals surface area contributed by atoms with Gasteiger partial charge < -0.3 is 19.5 Å². The van der Waals surface area contributed by atoms with Crippen LogP contribution in [0.1, 0.15) is 28.8 Å². The van der Waals surface area contributed by atoms with E-state index in [1.807, 2.05) is 59.5 Å². The van der Waals surface area contributed by atoms with Crippen LogP contribution in [-0.2, 0) is 11.3 Å². The van der Waals surface area contributed by atoms with Crippen molar-refractivity contribution >= 4 is 5.91 Å². The summed E-state index contributed by atoms with van der Waals surface area (Å²) in [5.74, 6) is 0.791. The molecule has 1 heterocycles. The summed E-state index contributed by atoms with van der Waals surface area (Å²) < 4.78 is 11.8. The molecule has 0 aromatic heterocycles. The third-order valence-electron chi connectivity index (χ3n) is 5.51. The lowest BCUT2D eigenvalue weighted by atomic mass is 10.1. The first kappa shape index (κ1) is 18.0. The third-order valence-corrected chi connectivity index (χ3v) is 5.51. The van der Waals surface area contributed by atoms with Gasteiger partial charge in [0.2, 0.25) is 0 Å². The van der Waals surface area contributed by atoms with Gasteiger partial charge in [-0.2, -0.15) is 0 Å². The van der Waals surface area contributed by atoms with Crippen molar-refractivity contribution in [2.75, 3.05) is 19.8 Å². The molecule has 27 heavy (non-hydrogen) atoms. The van der Waals surface area contributed by atoms with E-state index in [1.165, 1.54) is 0 Å². The van der Waals surface area contributed by atoms with E-state index in [-0.39, 0.29) is 30.6 Å². The van der Waals surface area contributed by atoms with Crippen LogP contribution in [0.4, 0.5) is 0 Å². The molecule has 1 aliphatic heterocycles. The van der Waals surface area contributed by atoms with Crippen molar-refractivity contribution in [1.82, 2.24) is 4.90 Å². The Bertz CT molecular complexity index is 779. The van der Waals surface area contributed by atoms with Crippen molar-refractivity contribution in [1.29, 1.82) is 0 Å². The summed E-state index contributed by atoms with van der Waals surface area (Å²) in [5, 5.41) is 9.50. The number of hydrogen-bond acceptors (Lipinski definition) is 4. The number of aliphatic hydroxyl groups is 1. The van der Waals surface area contributed by atoms with Crippen LogP contribution in [0.2, 0.25) is 0 Å². The van der Waals surface area contributed by atoms with Crippen LogP contribution in [0.25, 0.3) is 0 Å². The molecule has 1 saturated heterocycles. The minimum Gasteiger partial charge on any atom is -0.488 e. The Balaban J connectivity index is 1.51. The molecule has 2 fully saturated rings. The Morgan fingerprint density at radius 2 is 1.89 bits per heavy atom. The molecule has 1 saturated carbocycles. The summed E-state index contributed by atoms with van der Waals surface area (Å²) >= 11 is 0. The number of hydrogen-bond donors (Lipinski definition) is 1. The van der Waals surface area contributed by atoms with Gasteiger partial charge in [-0.05, 0) is 36.5 Å². The number of morpholine rings is 1. The summed E-state index contributed by atoms with van der Waals surface area (Å²) in [4.78, 5) is 15.2. The van der Waals surface area contributed by atoms with Crippen molar-refractivity contribution in [2.45, 2.75) is 31.6 Å². The topological polar surface area (TPSA) is 59.0 Å². The number of fused-ring (bicyclic) bond motifs is 1. The number of benzene rings is 2. The van der Waals surface area contributed by atoms with E-state index in [0.717, 1.165) is 18.4 Å². The molecule has 0 bridgehead atoms. The summed E-state index contributed by atoms with van der Waals surface area (Å²) in [5.41, 5.74) is 1.65. The van der Waals surface area contributed by atoms with E-state index in [4.69, 9.17) is 9.47 Å². The number of aliphatic hydroxyl groups excluding tert-OH is 1. The number of ether oxygens (including phenoxy) is 2. The fourth-order valence-corrected chi connectivity index (χ4v) is 4.11. The number of nitrogens with zero attached hydrogens (tertiary/aromatic N) is 1. The molecular formula is C22H25NO4. The van der Waals surface area contributed by atoms with Crippen LogP contribution in [0, 0.1) is 5.92 Å². The maximum absolute atomic E-state index is 13.3. The molecule has 1 amide bonds. The standard InChI is InChI=1S/C22H25NO4/c24-14-17-12-19-21(13-17)26-11-10-23(19)22(25)18-8-4-5-9-20(18)27-15-16-6-2-1-3-7-16/h1-9,17,19,21,24H,10-15H2/t17-,19+,21+/m1/s1. The zero-order valence-corrected chi connectivity index (χ0v) is 15.3. The Morgan fingerprint density at radius 1 is 1.11 bits per heavy atom. The zero-order chi connectivity index (χ0) is 18.6. The van der Waals surface area contributed by atoms with E-state index in [1.54, 1.807) is 0 Å². The van der Waals surface area contributed by atoms with Gasteiger partial charge in [-0.3, -0.25) is 4.79 Å². The fraction of sp³-hybridized carbons (Fsp3) is 0.409. The highest BCUT2D eigenvalue weighted by Crippen LogP contribution is 2.35. The van der Waals surface area contributed by atoms with Gasteiger partial charge in [-0.1, -0.05) is 42.5 Å². The first-order chi connectivity index (χ1) is 13.3. The van der Waals surface area contributed by atoms with Crippen LogP contribution >= 0.6 is 0 Å². The second-order valence-corrected chi connectivity index (χ2v) is 7.27. The number of para-hydroxylation sites is 1. The van der Waals surface area contributed by atoms with Crippen LogP contribution in [-0.4, -0.2) is 47.8 Å². The highest BCUT2D eigenvalue weighted by molar-refractivity contribution is 5.97. The molecule has 2 aromatic carbocycles. The Morgan fingerprint density at radius 3 is 2.70 bits per heavy atom. The molecule has 4 rings (SSSR count). The number of carbonyl (C=O) groups is 1. The molecule has 1 N–H and O–H groups in total. The summed E-state index contributed by atoms with van der Waals surface area (Å²) in [6.45, 7) is 1.69. The number of carbonyl (C=O) groups excluding carboxylic acids is 1. The molecule has 3 atom stereocenters. The van der Waals surface area contributed by atoms with Crippen molar-refractivity contribution in [3.63, 3.8) is 0 Å². The Hall–Kier alpha value is -2.37. The van der Waals surface area contributed by atoms with Crippen LogP contribution in [0.15, 0.2) is 54.6 Å². The first-order valence-electron chi connectivity index (χ1n) is 9.55. The van der Waals surface area contributed by atoms with E-state index in [9.17, 15) is 9.90 Å². The van der Waals surface area contributed by atoms with E-state index < -0.39 is 0 Å². The molecule has 5 heteroatoms. The van der Waals surface area contributed by atoms with Crippen LogP contribution < -0.4 is 4.74 Å². The monoisotopic (exact) mass is 367 g/mol.